The number of carbonyl (C=O) groups excluding carboxylic acids is 1. The third-order valence-electron chi connectivity index (χ3n) is 5.09. The Hall–Kier alpha value is -3.19. The molecule has 0 radical (unpaired) electrons. The predicted octanol–water partition coefficient (Wildman–Crippen LogP) is 3.08. The van der Waals surface area contributed by atoms with Crippen LogP contribution in [-0.2, 0) is 0 Å². The molecule has 6 nitrogen and oxygen atoms in total. The number of nitrogens with zero attached hydrogens (tertiary/aromatic N) is 2. The Kier molecular flexibility index (Phi) is 4.39. The standard InChI is InChI=1S/C21H20FN3O3/c1-11-9-12(2)20(27)15(10-11)17-16-18(24-23-17)21(28)25(7-8-26)19(16)13-3-5-14(22)6-4-13/h3-6,9-10,19,26-27H,7-8H2,1-2H3,(H,23,24)/t19-/m1/s1. The number of β-amino-alcohol motifs (C(OH)–C–C–N with tert-alkyl or cyclic N) is 1. The van der Waals surface area contributed by atoms with Crippen molar-refractivity contribution in [3.8, 4) is 17.0 Å². The SMILES string of the molecule is Cc1cc(C)c(O)c(-c2n[nH]c3c2[C@@H](c2ccc(F)cc2)N(CCO)C3=O)c1. The van der Waals surface area contributed by atoms with Crippen LogP contribution in [0.15, 0.2) is 36.4 Å². The van der Waals surface area contributed by atoms with Crippen LogP contribution in [0.25, 0.3) is 11.3 Å². The molecule has 1 aliphatic rings. The first-order chi connectivity index (χ1) is 13.4. The molecule has 1 amide bonds. The van der Waals surface area contributed by atoms with Crippen LogP contribution >= 0.6 is 0 Å². The van der Waals surface area contributed by atoms with E-state index in [1.165, 1.54) is 17.0 Å². The summed E-state index contributed by atoms with van der Waals surface area (Å²) in [7, 11) is 0. The number of aryl methyl sites for hydroxylation is 2. The van der Waals surface area contributed by atoms with Crippen LogP contribution in [0, 0.1) is 19.7 Å². The van der Waals surface area contributed by atoms with Crippen LogP contribution in [0.3, 0.4) is 0 Å². The Morgan fingerprint density at radius 2 is 1.93 bits per heavy atom. The second-order valence-corrected chi connectivity index (χ2v) is 7.02. The van der Waals surface area contributed by atoms with Gasteiger partial charge in [-0.1, -0.05) is 18.2 Å². The minimum Gasteiger partial charge on any atom is -0.507 e. The number of H-pyrrole nitrogens is 1. The highest BCUT2D eigenvalue weighted by molar-refractivity contribution is 6.00. The van der Waals surface area contributed by atoms with Gasteiger partial charge in [0, 0.05) is 17.7 Å². The summed E-state index contributed by atoms with van der Waals surface area (Å²) in [6, 6.07) is 9.05. The van der Waals surface area contributed by atoms with E-state index in [9.17, 15) is 19.4 Å². The summed E-state index contributed by atoms with van der Waals surface area (Å²) in [5.41, 5.74) is 4.30. The summed E-state index contributed by atoms with van der Waals surface area (Å²) in [6.07, 6.45) is 0. The molecular formula is C21H20FN3O3. The van der Waals surface area contributed by atoms with E-state index in [2.05, 4.69) is 10.2 Å². The molecule has 144 valence electrons. The van der Waals surface area contributed by atoms with Crippen LogP contribution < -0.4 is 0 Å². The number of hydrogen-bond acceptors (Lipinski definition) is 4. The number of carbonyl (C=O) groups is 1. The maximum atomic E-state index is 13.4. The second kappa shape index (κ2) is 6.76. The number of phenols is 1. The first-order valence-corrected chi connectivity index (χ1v) is 8.98. The highest BCUT2D eigenvalue weighted by atomic mass is 19.1. The van der Waals surface area contributed by atoms with Gasteiger partial charge in [-0.05, 0) is 48.7 Å². The van der Waals surface area contributed by atoms with E-state index >= 15 is 0 Å². The second-order valence-electron chi connectivity index (χ2n) is 7.02. The molecule has 3 N–H and O–H groups in total. The van der Waals surface area contributed by atoms with Gasteiger partial charge in [0.15, 0.2) is 0 Å². The number of aromatic hydroxyl groups is 1. The number of aromatic nitrogens is 2. The number of rotatable bonds is 4. The van der Waals surface area contributed by atoms with E-state index in [-0.39, 0.29) is 30.6 Å². The molecule has 4 rings (SSSR count). The monoisotopic (exact) mass is 381 g/mol. The summed E-state index contributed by atoms with van der Waals surface area (Å²) in [4.78, 5) is 14.4. The third kappa shape index (κ3) is 2.75. The van der Waals surface area contributed by atoms with Gasteiger partial charge in [-0.15, -0.1) is 0 Å². The molecule has 0 unspecified atom stereocenters. The molecule has 0 saturated heterocycles. The van der Waals surface area contributed by atoms with Gasteiger partial charge < -0.3 is 15.1 Å². The number of fused-ring (bicyclic) bond motifs is 1. The van der Waals surface area contributed by atoms with E-state index in [4.69, 9.17) is 0 Å². The van der Waals surface area contributed by atoms with E-state index in [0.29, 0.717) is 33.6 Å². The molecule has 1 aromatic heterocycles. The zero-order chi connectivity index (χ0) is 20.0. The summed E-state index contributed by atoms with van der Waals surface area (Å²) in [5.74, 6) is -0.562. The topological polar surface area (TPSA) is 89.5 Å². The molecule has 1 aliphatic heterocycles. The summed E-state index contributed by atoms with van der Waals surface area (Å²) in [6.45, 7) is 3.65. The average molecular weight is 381 g/mol. The zero-order valence-electron chi connectivity index (χ0n) is 15.5. The molecule has 0 spiro atoms. The number of aliphatic hydroxyl groups excluding tert-OH is 1. The number of amides is 1. The van der Waals surface area contributed by atoms with Crippen LogP contribution in [0.4, 0.5) is 4.39 Å². The Labute approximate surface area is 161 Å². The minimum atomic E-state index is -0.538. The Morgan fingerprint density at radius 3 is 2.61 bits per heavy atom. The molecule has 3 aromatic rings. The van der Waals surface area contributed by atoms with Crippen molar-refractivity contribution in [2.45, 2.75) is 19.9 Å². The maximum Gasteiger partial charge on any atom is 0.273 e. The Morgan fingerprint density at radius 1 is 1.21 bits per heavy atom. The third-order valence-corrected chi connectivity index (χ3v) is 5.09. The number of aliphatic hydroxyl groups is 1. The Balaban J connectivity index is 1.94. The first-order valence-electron chi connectivity index (χ1n) is 8.98. The number of phenolic OH excluding ortho intramolecular Hbond substituents is 1. The number of benzene rings is 2. The molecular weight excluding hydrogens is 361 g/mol. The van der Waals surface area contributed by atoms with Crippen molar-refractivity contribution in [3.05, 3.63) is 70.2 Å². The molecule has 0 saturated carbocycles. The van der Waals surface area contributed by atoms with Crippen LogP contribution in [-0.4, -0.2) is 44.4 Å². The van der Waals surface area contributed by atoms with Crippen molar-refractivity contribution in [3.63, 3.8) is 0 Å². The molecule has 28 heavy (non-hydrogen) atoms. The van der Waals surface area contributed by atoms with Crippen LogP contribution in [0.1, 0.15) is 38.8 Å². The molecule has 0 bridgehead atoms. The molecule has 0 fully saturated rings. The van der Waals surface area contributed by atoms with Gasteiger partial charge in [0.25, 0.3) is 5.91 Å². The lowest BCUT2D eigenvalue weighted by Crippen LogP contribution is -2.32. The zero-order valence-corrected chi connectivity index (χ0v) is 15.5. The molecule has 2 heterocycles. The molecule has 1 atom stereocenters. The average Bonchev–Trinajstić information content (AvgIpc) is 3.19. The lowest BCUT2D eigenvalue weighted by Gasteiger charge is -2.25. The van der Waals surface area contributed by atoms with Crippen LogP contribution in [0.5, 0.6) is 5.75 Å². The van der Waals surface area contributed by atoms with E-state index < -0.39 is 6.04 Å². The van der Waals surface area contributed by atoms with E-state index in [1.54, 1.807) is 19.1 Å². The minimum absolute atomic E-state index is 0.103. The fourth-order valence-electron chi connectivity index (χ4n) is 3.87. The number of hydrogen-bond donors (Lipinski definition) is 3. The van der Waals surface area contributed by atoms with Crippen molar-refractivity contribution in [1.82, 2.24) is 15.1 Å². The van der Waals surface area contributed by atoms with Gasteiger partial charge in [0.1, 0.15) is 23.0 Å². The van der Waals surface area contributed by atoms with Gasteiger partial charge >= 0.3 is 0 Å². The number of halogens is 1. The lowest BCUT2D eigenvalue weighted by atomic mass is 9.94. The highest BCUT2D eigenvalue weighted by Crippen LogP contribution is 2.45. The van der Waals surface area contributed by atoms with Crippen molar-refractivity contribution >= 4 is 5.91 Å². The van der Waals surface area contributed by atoms with Gasteiger partial charge in [-0.3, -0.25) is 9.89 Å². The molecule has 7 heteroatoms. The smallest absolute Gasteiger partial charge is 0.273 e. The van der Waals surface area contributed by atoms with Crippen molar-refractivity contribution in [2.75, 3.05) is 13.2 Å². The lowest BCUT2D eigenvalue weighted by molar-refractivity contribution is 0.0706. The highest BCUT2D eigenvalue weighted by Gasteiger charge is 2.42. The maximum absolute atomic E-state index is 13.4. The molecule has 2 aromatic carbocycles. The molecule has 0 aliphatic carbocycles. The summed E-state index contributed by atoms with van der Waals surface area (Å²) in [5, 5.41) is 27.2. The van der Waals surface area contributed by atoms with Gasteiger partial charge in [0.2, 0.25) is 0 Å². The normalized spacial score (nSPS) is 15.9. The summed E-state index contributed by atoms with van der Waals surface area (Å²) < 4.78 is 13.4. The summed E-state index contributed by atoms with van der Waals surface area (Å²) >= 11 is 0. The largest absolute Gasteiger partial charge is 0.507 e. The number of aromatic amines is 1. The Bertz CT molecular complexity index is 1060. The predicted molar refractivity (Wildman–Crippen MR) is 102 cm³/mol. The van der Waals surface area contributed by atoms with Crippen molar-refractivity contribution < 1.29 is 19.4 Å². The van der Waals surface area contributed by atoms with Gasteiger partial charge in [0.05, 0.1) is 12.6 Å². The van der Waals surface area contributed by atoms with Gasteiger partial charge in [-0.25, -0.2) is 4.39 Å². The van der Waals surface area contributed by atoms with E-state index in [1.807, 2.05) is 19.1 Å². The fraction of sp³-hybridized carbons (Fsp3) is 0.238. The quantitative estimate of drug-likeness (QED) is 0.648. The van der Waals surface area contributed by atoms with Crippen LogP contribution in [0.2, 0.25) is 0 Å². The number of nitrogens with one attached hydrogen (secondary N) is 1. The van der Waals surface area contributed by atoms with E-state index in [0.717, 1.165) is 5.56 Å². The van der Waals surface area contributed by atoms with Gasteiger partial charge in [-0.2, -0.15) is 5.10 Å². The van der Waals surface area contributed by atoms with Crippen molar-refractivity contribution in [1.29, 1.82) is 0 Å². The van der Waals surface area contributed by atoms with Crippen molar-refractivity contribution in [2.24, 2.45) is 0 Å². The fourth-order valence-corrected chi connectivity index (χ4v) is 3.87. The first kappa shape index (κ1) is 18.2.